The minimum Gasteiger partial charge on any atom is -0.340 e. The number of halogens is 3. The van der Waals surface area contributed by atoms with Crippen molar-refractivity contribution in [3.05, 3.63) is 70.1 Å². The van der Waals surface area contributed by atoms with Gasteiger partial charge in [-0.05, 0) is 24.3 Å². The molecule has 2 heterocycles. The highest BCUT2D eigenvalue weighted by Crippen LogP contribution is 2.34. The first-order chi connectivity index (χ1) is 16.7. The van der Waals surface area contributed by atoms with E-state index in [-0.39, 0.29) is 36.5 Å². The zero-order valence-electron chi connectivity index (χ0n) is 18.8. The average Bonchev–Trinajstić information content (AvgIpc) is 2.82. The number of aromatic nitrogens is 2. The van der Waals surface area contributed by atoms with Crippen LogP contribution in [0.4, 0.5) is 18.9 Å². The highest BCUT2D eigenvalue weighted by Gasteiger charge is 2.33. The van der Waals surface area contributed by atoms with Crippen LogP contribution in [0.2, 0.25) is 0 Å². The van der Waals surface area contributed by atoms with Gasteiger partial charge in [-0.2, -0.15) is 13.2 Å². The van der Waals surface area contributed by atoms with Crippen LogP contribution in [0.5, 0.6) is 0 Å². The number of benzene rings is 2. The Labute approximate surface area is 198 Å². The van der Waals surface area contributed by atoms with Crippen LogP contribution in [0.25, 0.3) is 11.0 Å². The van der Waals surface area contributed by atoms with E-state index in [2.05, 4.69) is 15.3 Å². The van der Waals surface area contributed by atoms with Crippen LogP contribution >= 0.6 is 0 Å². The maximum Gasteiger partial charge on any atom is 0.418 e. The number of aryl methyl sites for hydroxylation is 1. The Balaban J connectivity index is 1.26. The molecule has 0 spiro atoms. The quantitative estimate of drug-likeness (QED) is 0.557. The summed E-state index contributed by atoms with van der Waals surface area (Å²) in [5.74, 6) is -0.675. The molecule has 3 aromatic rings. The van der Waals surface area contributed by atoms with Crippen molar-refractivity contribution in [3.63, 3.8) is 0 Å². The molecule has 0 unspecified atom stereocenters. The Morgan fingerprint density at radius 2 is 1.69 bits per heavy atom. The summed E-state index contributed by atoms with van der Waals surface area (Å²) in [6.45, 7) is 1.51. The largest absolute Gasteiger partial charge is 0.418 e. The molecule has 8 nitrogen and oxygen atoms in total. The minimum absolute atomic E-state index is 0.0788. The van der Waals surface area contributed by atoms with Gasteiger partial charge in [-0.15, -0.1) is 0 Å². The first kappa shape index (κ1) is 24.4. The Morgan fingerprint density at radius 3 is 2.43 bits per heavy atom. The number of fused-ring (bicyclic) bond motifs is 1. The molecule has 0 bridgehead atoms. The number of piperazine rings is 1. The highest BCUT2D eigenvalue weighted by molar-refractivity contribution is 5.93. The average molecular weight is 487 g/mol. The van der Waals surface area contributed by atoms with Gasteiger partial charge < -0.3 is 15.2 Å². The lowest BCUT2D eigenvalue weighted by atomic mass is 10.1. The van der Waals surface area contributed by atoms with Crippen LogP contribution in [-0.2, 0) is 22.2 Å². The zero-order chi connectivity index (χ0) is 25.0. The lowest BCUT2D eigenvalue weighted by Crippen LogP contribution is -2.50. The molecule has 4 rings (SSSR count). The van der Waals surface area contributed by atoms with Crippen molar-refractivity contribution in [2.45, 2.75) is 19.0 Å². The number of para-hydroxylation sites is 3. The monoisotopic (exact) mass is 487 g/mol. The van der Waals surface area contributed by atoms with E-state index in [1.54, 1.807) is 28.0 Å². The molecule has 1 aliphatic heterocycles. The number of carbonyl (C=O) groups excluding carboxylic acids is 2. The predicted octanol–water partition coefficient (Wildman–Crippen LogP) is 2.66. The molecule has 0 atom stereocenters. The number of hydrogen-bond acceptors (Lipinski definition) is 5. The summed E-state index contributed by atoms with van der Waals surface area (Å²) < 4.78 is 39.3. The van der Waals surface area contributed by atoms with Gasteiger partial charge in [0, 0.05) is 39.0 Å². The van der Waals surface area contributed by atoms with Crippen LogP contribution in [0.3, 0.4) is 0 Å². The second kappa shape index (κ2) is 10.3. The molecular weight excluding hydrogens is 463 g/mol. The molecule has 35 heavy (non-hydrogen) atoms. The second-order valence-corrected chi connectivity index (χ2v) is 8.28. The molecule has 184 valence electrons. The molecule has 0 aliphatic carbocycles. The van der Waals surface area contributed by atoms with Crippen LogP contribution in [0, 0.1) is 0 Å². The Kier molecular flexibility index (Phi) is 7.15. The lowest BCUT2D eigenvalue weighted by Gasteiger charge is -2.34. The van der Waals surface area contributed by atoms with Gasteiger partial charge in [-0.25, -0.2) is 4.98 Å². The third-order valence-electron chi connectivity index (χ3n) is 5.84. The van der Waals surface area contributed by atoms with Crippen molar-refractivity contribution in [1.82, 2.24) is 19.8 Å². The number of hydrogen-bond donors (Lipinski definition) is 2. The van der Waals surface area contributed by atoms with Gasteiger partial charge in [0.1, 0.15) is 5.69 Å². The van der Waals surface area contributed by atoms with Gasteiger partial charge in [0.25, 0.3) is 5.56 Å². The van der Waals surface area contributed by atoms with Gasteiger partial charge in [0.15, 0.2) is 0 Å². The number of alkyl halides is 3. The fraction of sp³-hybridized carbons (Fsp3) is 0.333. The smallest absolute Gasteiger partial charge is 0.340 e. The minimum atomic E-state index is -4.57. The molecule has 2 amide bonds. The molecule has 2 aromatic carbocycles. The lowest BCUT2D eigenvalue weighted by molar-refractivity contribution is -0.137. The normalized spacial score (nSPS) is 14.8. The molecule has 0 saturated carbocycles. The standard InChI is InChI=1S/C24H24F3N5O3/c25-24(26,27)16-5-1-2-6-17(16)29-21(33)15-31-11-13-32(14-12-31)22(34)10-9-20-23(35)30-19-8-4-3-7-18(19)28-20/h1-8H,9-15H2,(H,29,33)(H,30,35). The molecule has 1 aliphatic rings. The second-order valence-electron chi connectivity index (χ2n) is 8.28. The summed E-state index contributed by atoms with van der Waals surface area (Å²) in [5, 5.41) is 2.33. The molecule has 11 heteroatoms. The first-order valence-electron chi connectivity index (χ1n) is 11.1. The predicted molar refractivity (Wildman–Crippen MR) is 124 cm³/mol. The molecule has 1 aromatic heterocycles. The van der Waals surface area contributed by atoms with Crippen molar-refractivity contribution in [2.75, 3.05) is 38.0 Å². The van der Waals surface area contributed by atoms with Crippen molar-refractivity contribution < 1.29 is 22.8 Å². The van der Waals surface area contributed by atoms with Gasteiger partial charge in [-0.3, -0.25) is 19.3 Å². The third-order valence-corrected chi connectivity index (χ3v) is 5.84. The number of H-pyrrole nitrogens is 1. The summed E-state index contributed by atoms with van der Waals surface area (Å²) in [4.78, 5) is 47.7. The van der Waals surface area contributed by atoms with Gasteiger partial charge >= 0.3 is 6.18 Å². The van der Waals surface area contributed by atoms with Gasteiger partial charge in [0.05, 0.1) is 28.8 Å². The number of anilines is 1. The Bertz CT molecular complexity index is 1280. The van der Waals surface area contributed by atoms with Gasteiger partial charge in [0.2, 0.25) is 11.8 Å². The van der Waals surface area contributed by atoms with Crippen molar-refractivity contribution in [3.8, 4) is 0 Å². The summed E-state index contributed by atoms with van der Waals surface area (Å²) in [7, 11) is 0. The SMILES string of the molecule is O=C(CN1CCN(C(=O)CCc2nc3ccccc3[nH]c2=O)CC1)Nc1ccccc1C(F)(F)F. The topological polar surface area (TPSA) is 98.4 Å². The molecular formula is C24H24F3N5O3. The number of carbonyl (C=O) groups is 2. The van der Waals surface area contributed by atoms with Crippen molar-refractivity contribution >= 4 is 28.5 Å². The highest BCUT2D eigenvalue weighted by atomic mass is 19.4. The van der Waals surface area contributed by atoms with E-state index in [0.717, 1.165) is 6.07 Å². The first-order valence-corrected chi connectivity index (χ1v) is 11.1. The maximum atomic E-state index is 13.1. The van der Waals surface area contributed by atoms with Crippen LogP contribution in [0.1, 0.15) is 17.7 Å². The number of aromatic amines is 1. The van der Waals surface area contributed by atoms with E-state index in [4.69, 9.17) is 0 Å². The summed E-state index contributed by atoms with van der Waals surface area (Å²) >= 11 is 0. The van der Waals surface area contributed by atoms with E-state index in [9.17, 15) is 27.6 Å². The van der Waals surface area contributed by atoms with Crippen LogP contribution < -0.4 is 10.9 Å². The van der Waals surface area contributed by atoms with Gasteiger partial charge in [-0.1, -0.05) is 24.3 Å². The molecule has 0 radical (unpaired) electrons. The number of rotatable bonds is 6. The fourth-order valence-corrected chi connectivity index (χ4v) is 4.01. The van der Waals surface area contributed by atoms with E-state index in [1.807, 2.05) is 6.07 Å². The van der Waals surface area contributed by atoms with E-state index in [0.29, 0.717) is 42.9 Å². The van der Waals surface area contributed by atoms with Crippen LogP contribution in [0.15, 0.2) is 53.3 Å². The summed E-state index contributed by atoms with van der Waals surface area (Å²) in [6, 6.07) is 12.0. The Morgan fingerprint density at radius 1 is 1.00 bits per heavy atom. The summed E-state index contributed by atoms with van der Waals surface area (Å²) in [5.41, 5.74) is 0.0828. The third kappa shape index (κ3) is 6.04. The molecule has 1 saturated heterocycles. The number of nitrogens with one attached hydrogen (secondary N) is 2. The maximum absolute atomic E-state index is 13.1. The van der Waals surface area contributed by atoms with Crippen LogP contribution in [-0.4, -0.2) is 64.3 Å². The molecule has 1 fully saturated rings. The molecule has 2 N–H and O–H groups in total. The number of nitrogens with zero attached hydrogens (tertiary/aromatic N) is 3. The van der Waals surface area contributed by atoms with E-state index < -0.39 is 17.6 Å². The zero-order valence-corrected chi connectivity index (χ0v) is 18.8. The van der Waals surface area contributed by atoms with Crippen molar-refractivity contribution in [2.24, 2.45) is 0 Å². The summed E-state index contributed by atoms with van der Waals surface area (Å²) in [6.07, 6.45) is -4.23. The fourth-order valence-electron chi connectivity index (χ4n) is 4.01. The van der Waals surface area contributed by atoms with E-state index in [1.165, 1.54) is 18.2 Å². The van der Waals surface area contributed by atoms with Crippen molar-refractivity contribution in [1.29, 1.82) is 0 Å². The Hall–Kier alpha value is -3.73. The van der Waals surface area contributed by atoms with E-state index >= 15 is 0 Å². The number of amides is 2.